The van der Waals surface area contributed by atoms with Crippen molar-refractivity contribution >= 4 is 5.97 Å². The second-order valence-corrected chi connectivity index (χ2v) is 6.41. The highest BCUT2D eigenvalue weighted by molar-refractivity contribution is 5.89. The number of carbonyl (C=O) groups is 1. The first-order chi connectivity index (χ1) is 11.5. The molecule has 1 saturated heterocycles. The van der Waals surface area contributed by atoms with E-state index < -0.39 is 5.97 Å². The van der Waals surface area contributed by atoms with Gasteiger partial charge in [0.2, 0.25) is 0 Å². The molecule has 0 bridgehead atoms. The van der Waals surface area contributed by atoms with Crippen molar-refractivity contribution in [1.82, 2.24) is 14.7 Å². The predicted octanol–water partition coefficient (Wildman–Crippen LogP) is 2.41. The van der Waals surface area contributed by atoms with Gasteiger partial charge in [-0.25, -0.2) is 9.18 Å². The van der Waals surface area contributed by atoms with Crippen molar-refractivity contribution in [2.45, 2.75) is 19.4 Å². The molecule has 1 aliphatic heterocycles. The summed E-state index contributed by atoms with van der Waals surface area (Å²) in [6.45, 7) is 2.38. The summed E-state index contributed by atoms with van der Waals surface area (Å²) in [5.74, 6) is -0.161. The van der Waals surface area contributed by atoms with Gasteiger partial charge in [-0.15, -0.1) is 0 Å². The number of carbonyl (C=O) groups excluding carboxylic acids is 1. The predicted molar refractivity (Wildman–Crippen MR) is 88.0 cm³/mol. The molecule has 1 atom stereocenters. The first kappa shape index (κ1) is 16.6. The Hall–Kier alpha value is -2.21. The van der Waals surface area contributed by atoms with E-state index in [0.717, 1.165) is 25.9 Å². The first-order valence-electron chi connectivity index (χ1n) is 8.12. The van der Waals surface area contributed by atoms with E-state index in [1.807, 2.05) is 24.1 Å². The van der Waals surface area contributed by atoms with Gasteiger partial charge in [0, 0.05) is 31.9 Å². The van der Waals surface area contributed by atoms with Gasteiger partial charge in [0.15, 0.2) is 0 Å². The Morgan fingerprint density at radius 1 is 1.46 bits per heavy atom. The molecular weight excluding hydrogens is 309 g/mol. The smallest absolute Gasteiger partial charge is 0.337 e. The second-order valence-electron chi connectivity index (χ2n) is 6.41. The molecule has 128 valence electrons. The van der Waals surface area contributed by atoms with Crippen LogP contribution in [-0.2, 0) is 24.8 Å². The number of benzene rings is 1. The molecule has 0 N–H and O–H groups in total. The molecule has 0 unspecified atom stereocenters. The van der Waals surface area contributed by atoms with E-state index in [4.69, 9.17) is 4.74 Å². The quantitative estimate of drug-likeness (QED) is 0.790. The minimum absolute atomic E-state index is 0.279. The minimum Gasteiger partial charge on any atom is -0.465 e. The van der Waals surface area contributed by atoms with Gasteiger partial charge in [-0.1, -0.05) is 0 Å². The Morgan fingerprint density at radius 2 is 2.29 bits per heavy atom. The Balaban J connectivity index is 1.62. The molecule has 2 aromatic rings. The lowest BCUT2D eigenvalue weighted by atomic mass is 10.0. The third kappa shape index (κ3) is 3.82. The topological polar surface area (TPSA) is 47.4 Å². The summed E-state index contributed by atoms with van der Waals surface area (Å²) < 4.78 is 20.6. The van der Waals surface area contributed by atoms with Crippen LogP contribution in [0.5, 0.6) is 0 Å². The number of ether oxygens (including phenoxy) is 1. The zero-order valence-electron chi connectivity index (χ0n) is 14.0. The summed E-state index contributed by atoms with van der Waals surface area (Å²) in [4.78, 5) is 13.8. The molecule has 6 heteroatoms. The van der Waals surface area contributed by atoms with Gasteiger partial charge < -0.3 is 4.74 Å². The fraction of sp³-hybridized carbons (Fsp3) is 0.444. The number of rotatable bonds is 5. The van der Waals surface area contributed by atoms with Crippen molar-refractivity contribution < 1.29 is 13.9 Å². The van der Waals surface area contributed by atoms with E-state index in [1.54, 1.807) is 6.07 Å². The summed E-state index contributed by atoms with van der Waals surface area (Å²) in [7, 11) is 3.25. The molecule has 2 heterocycles. The van der Waals surface area contributed by atoms with Gasteiger partial charge in [0.25, 0.3) is 0 Å². The van der Waals surface area contributed by atoms with Crippen LogP contribution in [0.2, 0.25) is 0 Å². The van der Waals surface area contributed by atoms with Crippen molar-refractivity contribution in [2.24, 2.45) is 13.0 Å². The van der Waals surface area contributed by atoms with E-state index in [-0.39, 0.29) is 5.82 Å². The van der Waals surface area contributed by atoms with E-state index in [1.165, 1.54) is 24.8 Å². The van der Waals surface area contributed by atoms with Gasteiger partial charge in [-0.2, -0.15) is 5.10 Å². The third-order valence-corrected chi connectivity index (χ3v) is 4.51. The molecule has 1 aromatic heterocycles. The standard InChI is InChI=1S/C18H22FN3O2/c1-21-10-14(9-20-21)7-13-5-6-22(11-13)12-16-8-15(18(23)24-2)3-4-17(16)19/h3-4,8-10,13H,5-7,11-12H2,1-2H3/t13-/m1/s1. The van der Waals surface area contributed by atoms with Crippen LogP contribution in [0.25, 0.3) is 0 Å². The van der Waals surface area contributed by atoms with Crippen LogP contribution >= 0.6 is 0 Å². The summed E-state index contributed by atoms with van der Waals surface area (Å²) in [6, 6.07) is 4.39. The molecule has 1 fully saturated rings. The maximum atomic E-state index is 14.0. The largest absolute Gasteiger partial charge is 0.465 e. The molecule has 0 spiro atoms. The molecule has 0 radical (unpaired) electrons. The fourth-order valence-electron chi connectivity index (χ4n) is 3.32. The summed E-state index contributed by atoms with van der Waals surface area (Å²) in [6.07, 6.45) is 6.03. The van der Waals surface area contributed by atoms with Crippen molar-refractivity contribution in [2.75, 3.05) is 20.2 Å². The summed E-state index contributed by atoms with van der Waals surface area (Å²) in [5.41, 5.74) is 2.17. The van der Waals surface area contributed by atoms with Gasteiger partial charge in [0.05, 0.1) is 18.9 Å². The molecule has 1 aliphatic rings. The normalized spacial score (nSPS) is 18.0. The van der Waals surface area contributed by atoms with Crippen molar-refractivity contribution in [1.29, 1.82) is 0 Å². The van der Waals surface area contributed by atoms with E-state index >= 15 is 0 Å². The molecule has 0 aliphatic carbocycles. The van der Waals surface area contributed by atoms with Gasteiger partial charge in [-0.3, -0.25) is 9.58 Å². The maximum absolute atomic E-state index is 14.0. The maximum Gasteiger partial charge on any atom is 0.337 e. The van der Waals surface area contributed by atoms with Crippen molar-refractivity contribution in [3.05, 3.63) is 53.1 Å². The van der Waals surface area contributed by atoms with Gasteiger partial charge in [-0.05, 0) is 49.1 Å². The van der Waals surface area contributed by atoms with Crippen LogP contribution in [0, 0.1) is 11.7 Å². The number of methoxy groups -OCH3 is 1. The highest BCUT2D eigenvalue weighted by atomic mass is 19.1. The zero-order chi connectivity index (χ0) is 17.1. The van der Waals surface area contributed by atoms with Crippen LogP contribution in [0.15, 0.2) is 30.6 Å². The number of aromatic nitrogens is 2. The van der Waals surface area contributed by atoms with Gasteiger partial charge in [0.1, 0.15) is 5.82 Å². The molecule has 3 rings (SSSR count). The van der Waals surface area contributed by atoms with Gasteiger partial charge >= 0.3 is 5.97 Å². The number of hydrogen-bond donors (Lipinski definition) is 0. The Bertz CT molecular complexity index is 729. The second kappa shape index (κ2) is 7.13. The Labute approximate surface area is 141 Å². The average molecular weight is 331 g/mol. The lowest BCUT2D eigenvalue weighted by Gasteiger charge is -2.17. The lowest BCUT2D eigenvalue weighted by Crippen LogP contribution is -2.21. The molecule has 0 saturated carbocycles. The number of hydrogen-bond acceptors (Lipinski definition) is 4. The third-order valence-electron chi connectivity index (χ3n) is 4.51. The number of aryl methyl sites for hydroxylation is 1. The molecule has 24 heavy (non-hydrogen) atoms. The average Bonchev–Trinajstić information content (AvgIpc) is 3.18. The number of esters is 1. The Kier molecular flexibility index (Phi) is 4.94. The van der Waals surface area contributed by atoms with Crippen LogP contribution in [0.4, 0.5) is 4.39 Å². The number of halogens is 1. The highest BCUT2D eigenvalue weighted by Crippen LogP contribution is 2.23. The van der Waals surface area contributed by atoms with Crippen molar-refractivity contribution in [3.63, 3.8) is 0 Å². The SMILES string of the molecule is COC(=O)c1ccc(F)c(CN2CC[C@H](Cc3cnn(C)c3)C2)c1. The minimum atomic E-state index is -0.438. The Morgan fingerprint density at radius 3 is 3.00 bits per heavy atom. The molecule has 5 nitrogen and oxygen atoms in total. The molecular formula is C18H22FN3O2. The summed E-state index contributed by atoms with van der Waals surface area (Å²) in [5, 5.41) is 4.20. The molecule has 1 aromatic carbocycles. The number of likely N-dealkylation sites (tertiary alicyclic amines) is 1. The van der Waals surface area contributed by atoms with E-state index in [9.17, 15) is 9.18 Å². The zero-order valence-corrected chi connectivity index (χ0v) is 14.0. The summed E-state index contributed by atoms with van der Waals surface area (Å²) >= 11 is 0. The first-order valence-corrected chi connectivity index (χ1v) is 8.12. The monoisotopic (exact) mass is 331 g/mol. The van der Waals surface area contributed by atoms with Crippen LogP contribution < -0.4 is 0 Å². The fourth-order valence-corrected chi connectivity index (χ4v) is 3.32. The van der Waals surface area contributed by atoms with E-state index in [0.29, 0.717) is 23.6 Å². The lowest BCUT2D eigenvalue weighted by molar-refractivity contribution is 0.0600. The molecule has 0 amide bonds. The van der Waals surface area contributed by atoms with Crippen molar-refractivity contribution in [3.8, 4) is 0 Å². The van der Waals surface area contributed by atoms with Crippen LogP contribution in [0.3, 0.4) is 0 Å². The van der Waals surface area contributed by atoms with Crippen LogP contribution in [0.1, 0.15) is 27.9 Å². The van der Waals surface area contributed by atoms with E-state index in [2.05, 4.69) is 10.00 Å². The highest BCUT2D eigenvalue weighted by Gasteiger charge is 2.24. The van der Waals surface area contributed by atoms with Crippen LogP contribution in [-0.4, -0.2) is 40.8 Å². The number of nitrogens with zero attached hydrogens (tertiary/aromatic N) is 3.